The molecule has 1 aromatic heterocycles. The average molecular weight is 362 g/mol. The Morgan fingerprint density at radius 1 is 1.36 bits per heavy atom. The molecule has 1 saturated heterocycles. The number of amides is 1. The Balaban J connectivity index is 1.73. The summed E-state index contributed by atoms with van der Waals surface area (Å²) in [6, 6.07) is 7.54. The lowest BCUT2D eigenvalue weighted by atomic mass is 10.0. The summed E-state index contributed by atoms with van der Waals surface area (Å²) >= 11 is 6.26. The average Bonchev–Trinajstić information content (AvgIpc) is 2.99. The van der Waals surface area contributed by atoms with Crippen LogP contribution >= 0.6 is 11.6 Å². The molecule has 0 radical (unpaired) electrons. The first-order valence-corrected chi connectivity index (χ1v) is 9.22. The second-order valence-electron chi connectivity index (χ2n) is 6.53. The highest BCUT2D eigenvalue weighted by Crippen LogP contribution is 2.31. The quantitative estimate of drug-likeness (QED) is 0.877. The molecule has 0 atom stereocenters. The number of nitrogens with zero attached hydrogens (tertiary/aromatic N) is 2. The third-order valence-corrected chi connectivity index (χ3v) is 5.01. The highest BCUT2D eigenvalue weighted by molar-refractivity contribution is 6.33. The fourth-order valence-electron chi connectivity index (χ4n) is 3.35. The van der Waals surface area contributed by atoms with Gasteiger partial charge in [-0.2, -0.15) is 0 Å². The number of hydrogen-bond acceptors (Lipinski definition) is 4. The first kappa shape index (κ1) is 18.0. The molecule has 1 N–H and O–H groups in total. The zero-order chi connectivity index (χ0) is 17.8. The second kappa shape index (κ2) is 8.02. The monoisotopic (exact) mass is 361 g/mol. The van der Waals surface area contributed by atoms with Gasteiger partial charge in [0.05, 0.1) is 5.02 Å². The number of rotatable bonds is 5. The van der Waals surface area contributed by atoms with Crippen molar-refractivity contribution < 1.29 is 9.32 Å². The fraction of sp³-hybridized carbons (Fsp3) is 0.474. The van der Waals surface area contributed by atoms with E-state index in [0.717, 1.165) is 38.9 Å². The van der Waals surface area contributed by atoms with Crippen LogP contribution in [0.3, 0.4) is 0 Å². The molecule has 1 aromatic carbocycles. The number of likely N-dealkylation sites (tertiary alicyclic amines) is 1. The zero-order valence-electron chi connectivity index (χ0n) is 14.7. The van der Waals surface area contributed by atoms with Crippen LogP contribution in [0.2, 0.25) is 5.02 Å². The van der Waals surface area contributed by atoms with Crippen LogP contribution in [-0.4, -0.2) is 41.6 Å². The highest BCUT2D eigenvalue weighted by Gasteiger charge is 2.26. The number of hydrogen-bond donors (Lipinski definition) is 1. The van der Waals surface area contributed by atoms with E-state index in [1.54, 1.807) is 13.0 Å². The number of aryl methyl sites for hydroxylation is 1. The van der Waals surface area contributed by atoms with Gasteiger partial charge in [-0.05, 0) is 38.8 Å². The molecule has 0 spiro atoms. The third kappa shape index (κ3) is 4.05. The standard InChI is InChI=1S/C19H24ClN3O2/c1-3-10-23-11-8-14(9-12-23)21-19(24)17-13(2)25-22-18(17)15-6-4-5-7-16(15)20/h4-7,14H,3,8-12H2,1-2H3,(H,21,24). The molecule has 2 aromatic rings. The molecular weight excluding hydrogens is 338 g/mol. The first-order chi connectivity index (χ1) is 12.1. The fourth-order valence-corrected chi connectivity index (χ4v) is 3.58. The maximum absolute atomic E-state index is 12.8. The van der Waals surface area contributed by atoms with Gasteiger partial charge in [0.1, 0.15) is 17.0 Å². The topological polar surface area (TPSA) is 58.4 Å². The van der Waals surface area contributed by atoms with Crippen molar-refractivity contribution in [3.63, 3.8) is 0 Å². The minimum absolute atomic E-state index is 0.136. The SMILES string of the molecule is CCCN1CCC(NC(=O)c2c(-c3ccccc3Cl)noc2C)CC1. The molecule has 25 heavy (non-hydrogen) atoms. The number of aromatic nitrogens is 1. The molecule has 0 saturated carbocycles. The van der Waals surface area contributed by atoms with E-state index < -0.39 is 0 Å². The Hall–Kier alpha value is -1.85. The van der Waals surface area contributed by atoms with Crippen LogP contribution in [0.15, 0.2) is 28.8 Å². The van der Waals surface area contributed by atoms with E-state index in [9.17, 15) is 4.79 Å². The van der Waals surface area contributed by atoms with Crippen LogP contribution in [-0.2, 0) is 0 Å². The van der Waals surface area contributed by atoms with Crippen LogP contribution in [0.5, 0.6) is 0 Å². The summed E-state index contributed by atoms with van der Waals surface area (Å²) in [4.78, 5) is 15.3. The van der Waals surface area contributed by atoms with E-state index in [1.807, 2.05) is 18.2 Å². The van der Waals surface area contributed by atoms with Gasteiger partial charge >= 0.3 is 0 Å². The Morgan fingerprint density at radius 2 is 2.08 bits per heavy atom. The van der Waals surface area contributed by atoms with E-state index in [4.69, 9.17) is 16.1 Å². The Bertz CT molecular complexity index is 736. The maximum atomic E-state index is 12.8. The molecule has 1 fully saturated rings. The zero-order valence-corrected chi connectivity index (χ0v) is 15.5. The second-order valence-corrected chi connectivity index (χ2v) is 6.94. The highest BCUT2D eigenvalue weighted by atomic mass is 35.5. The van der Waals surface area contributed by atoms with Gasteiger partial charge in [-0.1, -0.05) is 41.9 Å². The summed E-state index contributed by atoms with van der Waals surface area (Å²) in [7, 11) is 0. The van der Waals surface area contributed by atoms with Gasteiger partial charge in [-0.25, -0.2) is 0 Å². The Morgan fingerprint density at radius 3 is 2.76 bits per heavy atom. The summed E-state index contributed by atoms with van der Waals surface area (Å²) in [5, 5.41) is 7.77. The summed E-state index contributed by atoms with van der Waals surface area (Å²) in [6.45, 7) is 7.13. The first-order valence-electron chi connectivity index (χ1n) is 8.84. The predicted octanol–water partition coefficient (Wildman–Crippen LogP) is 3.91. The lowest BCUT2D eigenvalue weighted by Gasteiger charge is -2.32. The number of nitrogens with one attached hydrogen (secondary N) is 1. The minimum Gasteiger partial charge on any atom is -0.360 e. The van der Waals surface area contributed by atoms with Crippen LogP contribution in [0.25, 0.3) is 11.3 Å². The van der Waals surface area contributed by atoms with E-state index in [2.05, 4.69) is 22.3 Å². The van der Waals surface area contributed by atoms with E-state index in [0.29, 0.717) is 27.6 Å². The normalized spacial score (nSPS) is 16.1. The van der Waals surface area contributed by atoms with Gasteiger partial charge in [0.2, 0.25) is 0 Å². The Kier molecular flexibility index (Phi) is 5.76. The maximum Gasteiger partial charge on any atom is 0.257 e. The number of piperidine rings is 1. The number of benzene rings is 1. The van der Waals surface area contributed by atoms with Crippen molar-refractivity contribution >= 4 is 17.5 Å². The van der Waals surface area contributed by atoms with Gasteiger partial charge < -0.3 is 14.7 Å². The van der Waals surface area contributed by atoms with Crippen molar-refractivity contribution in [1.29, 1.82) is 0 Å². The van der Waals surface area contributed by atoms with Crippen molar-refractivity contribution in [3.8, 4) is 11.3 Å². The number of halogens is 1. The molecule has 1 amide bonds. The smallest absolute Gasteiger partial charge is 0.257 e. The van der Waals surface area contributed by atoms with Gasteiger partial charge in [-0.15, -0.1) is 0 Å². The molecule has 1 aliphatic heterocycles. The summed E-state index contributed by atoms with van der Waals surface area (Å²) < 4.78 is 5.29. The molecule has 0 aliphatic carbocycles. The van der Waals surface area contributed by atoms with Crippen molar-refractivity contribution in [2.45, 2.75) is 39.2 Å². The summed E-state index contributed by atoms with van der Waals surface area (Å²) in [5.41, 5.74) is 1.69. The van der Waals surface area contributed by atoms with Crippen LogP contribution < -0.4 is 5.32 Å². The Labute approximate surface area is 153 Å². The number of carbonyl (C=O) groups is 1. The van der Waals surface area contributed by atoms with Gasteiger partial charge in [0.25, 0.3) is 5.91 Å². The van der Waals surface area contributed by atoms with Crippen molar-refractivity contribution in [2.75, 3.05) is 19.6 Å². The van der Waals surface area contributed by atoms with Crippen molar-refractivity contribution in [3.05, 3.63) is 40.6 Å². The lowest BCUT2D eigenvalue weighted by molar-refractivity contribution is 0.0910. The van der Waals surface area contributed by atoms with Crippen LogP contribution in [0, 0.1) is 6.92 Å². The molecule has 6 heteroatoms. The molecule has 3 rings (SSSR count). The predicted molar refractivity (Wildman–Crippen MR) is 98.9 cm³/mol. The third-order valence-electron chi connectivity index (χ3n) is 4.68. The summed E-state index contributed by atoms with van der Waals surface area (Å²) in [6.07, 6.45) is 3.10. The van der Waals surface area contributed by atoms with Gasteiger partial charge in [0, 0.05) is 24.7 Å². The van der Waals surface area contributed by atoms with Crippen molar-refractivity contribution in [2.24, 2.45) is 0 Å². The van der Waals surface area contributed by atoms with Crippen LogP contribution in [0.1, 0.15) is 42.3 Å². The van der Waals surface area contributed by atoms with Gasteiger partial charge in [0.15, 0.2) is 0 Å². The van der Waals surface area contributed by atoms with E-state index >= 15 is 0 Å². The minimum atomic E-state index is -0.136. The van der Waals surface area contributed by atoms with E-state index in [-0.39, 0.29) is 11.9 Å². The van der Waals surface area contributed by atoms with Gasteiger partial charge in [-0.3, -0.25) is 4.79 Å². The molecule has 2 heterocycles. The molecule has 0 unspecified atom stereocenters. The largest absolute Gasteiger partial charge is 0.360 e. The number of carbonyl (C=O) groups excluding carboxylic acids is 1. The molecule has 134 valence electrons. The molecule has 1 aliphatic rings. The lowest BCUT2D eigenvalue weighted by Crippen LogP contribution is -2.44. The molecule has 0 bridgehead atoms. The van der Waals surface area contributed by atoms with E-state index in [1.165, 1.54) is 0 Å². The van der Waals surface area contributed by atoms with Crippen molar-refractivity contribution in [1.82, 2.24) is 15.4 Å². The van der Waals surface area contributed by atoms with Crippen LogP contribution in [0.4, 0.5) is 0 Å². The molecule has 5 nitrogen and oxygen atoms in total. The molecular formula is C19H24ClN3O2. The summed E-state index contributed by atoms with van der Waals surface area (Å²) in [5.74, 6) is 0.374.